The fourth-order valence-corrected chi connectivity index (χ4v) is 5.18. The lowest BCUT2D eigenvalue weighted by Gasteiger charge is -2.28. The third kappa shape index (κ3) is 3.49. The molecule has 1 saturated carbocycles. The number of likely N-dealkylation sites (tertiary alicyclic amines) is 1. The Morgan fingerprint density at radius 2 is 1.70 bits per heavy atom. The van der Waals surface area contributed by atoms with E-state index in [9.17, 15) is 9.59 Å². The van der Waals surface area contributed by atoms with Crippen LogP contribution in [-0.4, -0.2) is 32.1 Å². The molecule has 2 aliphatic rings. The second-order valence-corrected chi connectivity index (χ2v) is 8.53. The maximum absolute atomic E-state index is 13.5. The number of aromatic nitrogens is 3. The van der Waals surface area contributed by atoms with E-state index in [0.717, 1.165) is 50.1 Å². The van der Waals surface area contributed by atoms with E-state index in [1.807, 2.05) is 41.1 Å². The molecule has 2 fully saturated rings. The zero-order chi connectivity index (χ0) is 20.5. The normalized spacial score (nSPS) is 20.3. The number of benzene rings is 1. The van der Waals surface area contributed by atoms with Gasteiger partial charge in [0.25, 0.3) is 11.1 Å². The molecule has 1 aliphatic carbocycles. The Labute approximate surface area is 175 Å². The third-order valence-electron chi connectivity index (χ3n) is 6.71. The third-order valence-corrected chi connectivity index (χ3v) is 6.71. The fraction of sp³-hybridized carbons (Fsp3) is 0.458. The van der Waals surface area contributed by atoms with Crippen molar-refractivity contribution in [3.63, 3.8) is 0 Å². The van der Waals surface area contributed by atoms with Gasteiger partial charge in [-0.1, -0.05) is 31.0 Å². The summed E-state index contributed by atoms with van der Waals surface area (Å²) in [4.78, 5) is 33.0. The van der Waals surface area contributed by atoms with Crippen molar-refractivity contribution in [2.75, 3.05) is 13.1 Å². The van der Waals surface area contributed by atoms with E-state index in [1.165, 1.54) is 12.8 Å². The topological polar surface area (TPSA) is 60.1 Å². The van der Waals surface area contributed by atoms with Gasteiger partial charge in [0.1, 0.15) is 5.82 Å². The molecule has 1 aliphatic heterocycles. The number of nitrogens with zero attached hydrogens (tertiary/aromatic N) is 4. The Morgan fingerprint density at radius 3 is 2.53 bits per heavy atom. The van der Waals surface area contributed by atoms with Gasteiger partial charge < -0.3 is 4.57 Å². The van der Waals surface area contributed by atoms with E-state index >= 15 is 0 Å². The van der Waals surface area contributed by atoms with Crippen molar-refractivity contribution in [1.29, 1.82) is 0 Å². The molecular weight excluding hydrogens is 376 g/mol. The lowest BCUT2D eigenvalue weighted by Crippen LogP contribution is -2.36. The minimum absolute atomic E-state index is 0.0277. The minimum Gasteiger partial charge on any atom is -0.314 e. The van der Waals surface area contributed by atoms with Crippen LogP contribution in [0.4, 0.5) is 0 Å². The fourth-order valence-electron chi connectivity index (χ4n) is 5.18. The molecule has 0 radical (unpaired) electrons. The number of pyridine rings is 1. The SMILES string of the molecule is O=c1ccccn1CCN1CCCC1c1nc2ccccc2c(=O)n1C1CCCC1. The molecule has 5 rings (SSSR count). The molecule has 3 heterocycles. The van der Waals surface area contributed by atoms with Gasteiger partial charge in [0.15, 0.2) is 0 Å². The average molecular weight is 405 g/mol. The van der Waals surface area contributed by atoms with Crippen LogP contribution in [0.25, 0.3) is 10.9 Å². The zero-order valence-electron chi connectivity index (χ0n) is 17.2. The maximum atomic E-state index is 13.5. The summed E-state index contributed by atoms with van der Waals surface area (Å²) < 4.78 is 3.78. The molecule has 0 spiro atoms. The second-order valence-electron chi connectivity index (χ2n) is 8.53. The molecule has 6 nitrogen and oxygen atoms in total. The van der Waals surface area contributed by atoms with Gasteiger partial charge in [-0.05, 0) is 50.4 Å². The highest BCUT2D eigenvalue weighted by molar-refractivity contribution is 5.77. The lowest BCUT2D eigenvalue weighted by molar-refractivity contribution is 0.227. The van der Waals surface area contributed by atoms with Gasteiger partial charge in [0.2, 0.25) is 0 Å². The number of hydrogen-bond acceptors (Lipinski definition) is 4. The lowest BCUT2D eigenvalue weighted by atomic mass is 10.1. The predicted molar refractivity (Wildman–Crippen MR) is 118 cm³/mol. The van der Waals surface area contributed by atoms with Crippen LogP contribution in [0, 0.1) is 0 Å². The molecule has 156 valence electrons. The molecule has 0 amide bonds. The second kappa shape index (κ2) is 8.19. The Morgan fingerprint density at radius 1 is 0.900 bits per heavy atom. The number of rotatable bonds is 5. The first-order chi connectivity index (χ1) is 14.7. The summed E-state index contributed by atoms with van der Waals surface area (Å²) in [6.07, 6.45) is 8.39. The van der Waals surface area contributed by atoms with Gasteiger partial charge in [-0.3, -0.25) is 19.1 Å². The van der Waals surface area contributed by atoms with Gasteiger partial charge in [-0.15, -0.1) is 0 Å². The van der Waals surface area contributed by atoms with Crippen LogP contribution in [0.1, 0.15) is 56.4 Å². The average Bonchev–Trinajstić information content (AvgIpc) is 3.45. The highest BCUT2D eigenvalue weighted by Gasteiger charge is 2.32. The van der Waals surface area contributed by atoms with E-state index in [-0.39, 0.29) is 23.2 Å². The molecule has 1 unspecified atom stereocenters. The Kier molecular flexibility index (Phi) is 5.25. The zero-order valence-corrected chi connectivity index (χ0v) is 17.2. The molecule has 0 N–H and O–H groups in total. The van der Waals surface area contributed by atoms with Gasteiger partial charge >= 0.3 is 0 Å². The Hall–Kier alpha value is -2.73. The first-order valence-electron chi connectivity index (χ1n) is 11.1. The summed E-state index contributed by atoms with van der Waals surface area (Å²) in [5.74, 6) is 0.920. The minimum atomic E-state index is 0.0277. The van der Waals surface area contributed by atoms with E-state index < -0.39 is 0 Å². The van der Waals surface area contributed by atoms with Crippen LogP contribution < -0.4 is 11.1 Å². The smallest absolute Gasteiger partial charge is 0.261 e. The van der Waals surface area contributed by atoms with Crippen molar-refractivity contribution in [1.82, 2.24) is 19.0 Å². The van der Waals surface area contributed by atoms with Crippen molar-refractivity contribution < 1.29 is 0 Å². The van der Waals surface area contributed by atoms with Crippen molar-refractivity contribution in [3.05, 3.63) is 75.2 Å². The summed E-state index contributed by atoms with van der Waals surface area (Å²) in [6, 6.07) is 13.4. The predicted octanol–water partition coefficient (Wildman–Crippen LogP) is 3.51. The summed E-state index contributed by atoms with van der Waals surface area (Å²) in [6.45, 7) is 2.40. The van der Waals surface area contributed by atoms with Gasteiger partial charge in [-0.2, -0.15) is 0 Å². The molecule has 1 aromatic carbocycles. The largest absolute Gasteiger partial charge is 0.314 e. The van der Waals surface area contributed by atoms with E-state index in [0.29, 0.717) is 11.9 Å². The van der Waals surface area contributed by atoms with Crippen LogP contribution >= 0.6 is 0 Å². The monoisotopic (exact) mass is 404 g/mol. The number of fused-ring (bicyclic) bond motifs is 1. The summed E-state index contributed by atoms with van der Waals surface area (Å²) in [5.41, 5.74) is 0.923. The number of hydrogen-bond donors (Lipinski definition) is 0. The van der Waals surface area contributed by atoms with Gasteiger partial charge in [0, 0.05) is 31.4 Å². The van der Waals surface area contributed by atoms with E-state index in [4.69, 9.17) is 4.98 Å². The molecule has 1 atom stereocenters. The van der Waals surface area contributed by atoms with Gasteiger partial charge in [-0.25, -0.2) is 4.98 Å². The summed E-state index contributed by atoms with van der Waals surface area (Å²) in [7, 11) is 0. The molecule has 0 bridgehead atoms. The highest BCUT2D eigenvalue weighted by atomic mass is 16.1. The molecule has 2 aromatic heterocycles. The van der Waals surface area contributed by atoms with Crippen LogP contribution in [0.15, 0.2) is 58.3 Å². The van der Waals surface area contributed by atoms with Gasteiger partial charge in [0.05, 0.1) is 16.9 Å². The number of para-hydroxylation sites is 1. The first kappa shape index (κ1) is 19.2. The van der Waals surface area contributed by atoms with Crippen molar-refractivity contribution in [2.24, 2.45) is 0 Å². The van der Waals surface area contributed by atoms with Crippen molar-refractivity contribution >= 4 is 10.9 Å². The standard InChI is InChI=1S/C24H28N4O2/c29-22-13-5-6-14-27(22)17-16-26-15-7-12-21(26)23-25-20-11-4-3-10-19(20)24(30)28(23)18-8-1-2-9-18/h3-6,10-11,13-14,18,21H,1-2,7-9,12,15-17H2. The van der Waals surface area contributed by atoms with Crippen LogP contribution in [0.5, 0.6) is 0 Å². The molecule has 3 aromatic rings. The molecular formula is C24H28N4O2. The molecule has 6 heteroatoms. The van der Waals surface area contributed by atoms with Crippen molar-refractivity contribution in [2.45, 2.75) is 57.2 Å². The quantitative estimate of drug-likeness (QED) is 0.653. The summed E-state index contributed by atoms with van der Waals surface area (Å²) >= 11 is 0. The van der Waals surface area contributed by atoms with Crippen LogP contribution in [0.2, 0.25) is 0 Å². The summed E-state index contributed by atoms with van der Waals surface area (Å²) in [5, 5.41) is 0.716. The van der Waals surface area contributed by atoms with Crippen molar-refractivity contribution in [3.8, 4) is 0 Å². The van der Waals surface area contributed by atoms with Crippen LogP contribution in [0.3, 0.4) is 0 Å². The van der Waals surface area contributed by atoms with Crippen LogP contribution in [-0.2, 0) is 6.54 Å². The van der Waals surface area contributed by atoms with E-state index in [1.54, 1.807) is 16.7 Å². The highest BCUT2D eigenvalue weighted by Crippen LogP contribution is 2.35. The van der Waals surface area contributed by atoms with E-state index in [2.05, 4.69) is 4.90 Å². The first-order valence-corrected chi connectivity index (χ1v) is 11.1. The Bertz CT molecular complexity index is 1160. The Balaban J connectivity index is 1.52. The molecule has 30 heavy (non-hydrogen) atoms. The maximum Gasteiger partial charge on any atom is 0.261 e. The molecule has 1 saturated heterocycles.